The first-order valence-corrected chi connectivity index (χ1v) is 7.16. The minimum Gasteiger partial charge on any atom is -0.300 e. The second-order valence-electron chi connectivity index (χ2n) is 4.53. The lowest BCUT2D eigenvalue weighted by Gasteiger charge is -2.15. The maximum absolute atomic E-state index is 11.7. The summed E-state index contributed by atoms with van der Waals surface area (Å²) in [6.45, 7) is 1.44. The summed E-state index contributed by atoms with van der Waals surface area (Å²) in [5.74, 6) is -0.160. The van der Waals surface area contributed by atoms with Crippen LogP contribution in [0, 0.1) is 0 Å². The molecule has 0 aliphatic heterocycles. The highest BCUT2D eigenvalue weighted by molar-refractivity contribution is 8.00. The van der Waals surface area contributed by atoms with E-state index in [0.717, 1.165) is 6.42 Å². The monoisotopic (exact) mass is 272 g/mol. The largest absolute Gasteiger partial charge is 0.300 e. The van der Waals surface area contributed by atoms with Crippen molar-refractivity contribution in [2.75, 3.05) is 0 Å². The van der Waals surface area contributed by atoms with E-state index >= 15 is 0 Å². The highest BCUT2D eigenvalue weighted by Crippen LogP contribution is 2.29. The van der Waals surface area contributed by atoms with Crippen LogP contribution in [0.2, 0.25) is 0 Å². The van der Waals surface area contributed by atoms with Crippen molar-refractivity contribution in [1.82, 2.24) is 0 Å². The molecule has 19 heavy (non-hydrogen) atoms. The van der Waals surface area contributed by atoms with Gasteiger partial charge in [-0.05, 0) is 25.5 Å². The Labute approximate surface area is 117 Å². The first kappa shape index (κ1) is 13.8. The van der Waals surface area contributed by atoms with Crippen LogP contribution >= 0.6 is 11.8 Å². The van der Waals surface area contributed by atoms with E-state index in [2.05, 4.69) is 12.1 Å². The van der Waals surface area contributed by atoms with Crippen LogP contribution in [-0.2, 0) is 9.59 Å². The minimum atomic E-state index is -0.0833. The summed E-state index contributed by atoms with van der Waals surface area (Å²) in [6, 6.07) is 10.2. The summed E-state index contributed by atoms with van der Waals surface area (Å²) in [5, 5.41) is 0.358. The lowest BCUT2D eigenvalue weighted by atomic mass is 10.0. The lowest BCUT2D eigenvalue weighted by Crippen LogP contribution is -2.10. The van der Waals surface area contributed by atoms with Crippen LogP contribution in [0.15, 0.2) is 59.0 Å². The van der Waals surface area contributed by atoms with E-state index in [1.54, 1.807) is 11.8 Å². The van der Waals surface area contributed by atoms with E-state index in [9.17, 15) is 9.59 Å². The Morgan fingerprint density at radius 2 is 2.00 bits per heavy atom. The molecule has 0 amide bonds. The normalized spacial score (nSPS) is 17.9. The van der Waals surface area contributed by atoms with Crippen LogP contribution < -0.4 is 0 Å². The number of carbonyl (C=O) groups is 2. The van der Waals surface area contributed by atoms with Crippen molar-refractivity contribution in [3.05, 3.63) is 54.1 Å². The van der Waals surface area contributed by atoms with Gasteiger partial charge in [0, 0.05) is 15.7 Å². The molecule has 2 rings (SSSR count). The predicted octanol–water partition coefficient (Wildman–Crippen LogP) is 3.58. The zero-order valence-corrected chi connectivity index (χ0v) is 11.7. The second kappa shape index (κ2) is 6.53. The van der Waals surface area contributed by atoms with Gasteiger partial charge in [-0.15, -0.1) is 11.8 Å². The summed E-state index contributed by atoms with van der Waals surface area (Å²) >= 11 is 1.78. The Morgan fingerprint density at radius 1 is 1.26 bits per heavy atom. The summed E-state index contributed by atoms with van der Waals surface area (Å²) < 4.78 is 0. The molecule has 0 spiro atoms. The molecule has 1 aromatic rings. The van der Waals surface area contributed by atoms with E-state index in [4.69, 9.17) is 0 Å². The van der Waals surface area contributed by atoms with Crippen LogP contribution in [-0.4, -0.2) is 16.8 Å². The second-order valence-corrected chi connectivity index (χ2v) is 5.84. The molecule has 0 heterocycles. The van der Waals surface area contributed by atoms with Crippen molar-refractivity contribution < 1.29 is 9.59 Å². The first-order chi connectivity index (χ1) is 9.15. The van der Waals surface area contributed by atoms with Crippen molar-refractivity contribution >= 4 is 23.3 Å². The van der Waals surface area contributed by atoms with Crippen molar-refractivity contribution in [3.63, 3.8) is 0 Å². The fourth-order valence-corrected chi connectivity index (χ4v) is 2.91. The first-order valence-electron chi connectivity index (χ1n) is 6.28. The molecule has 0 radical (unpaired) electrons. The standard InChI is InChI=1S/C16H16O2S/c1-12(17)11-16(18)13-7-9-15(10-8-13)19-14-5-3-2-4-6-14/h2-9,15H,10-11H2,1H3/t15-/m0/s1. The van der Waals surface area contributed by atoms with Crippen molar-refractivity contribution in [2.24, 2.45) is 0 Å². The van der Waals surface area contributed by atoms with Gasteiger partial charge in [0.2, 0.25) is 0 Å². The third kappa shape index (κ3) is 4.21. The molecule has 1 atom stereocenters. The van der Waals surface area contributed by atoms with Crippen molar-refractivity contribution in [3.8, 4) is 0 Å². The molecular formula is C16H16O2S. The van der Waals surface area contributed by atoms with E-state index in [0.29, 0.717) is 10.8 Å². The number of hydrogen-bond acceptors (Lipinski definition) is 3. The van der Waals surface area contributed by atoms with E-state index in [1.165, 1.54) is 11.8 Å². The van der Waals surface area contributed by atoms with Gasteiger partial charge in [0.25, 0.3) is 0 Å². The van der Waals surface area contributed by atoms with Gasteiger partial charge in [-0.3, -0.25) is 9.59 Å². The average molecular weight is 272 g/mol. The molecule has 0 saturated carbocycles. The number of rotatable bonds is 5. The van der Waals surface area contributed by atoms with Crippen molar-refractivity contribution in [2.45, 2.75) is 29.9 Å². The average Bonchev–Trinajstić information content (AvgIpc) is 2.40. The highest BCUT2D eigenvalue weighted by atomic mass is 32.2. The van der Waals surface area contributed by atoms with Gasteiger partial charge in [0.1, 0.15) is 5.78 Å². The van der Waals surface area contributed by atoms with Gasteiger partial charge < -0.3 is 0 Å². The molecule has 0 bridgehead atoms. The van der Waals surface area contributed by atoms with E-state index in [1.807, 2.05) is 36.4 Å². The number of ketones is 2. The van der Waals surface area contributed by atoms with Gasteiger partial charge in [-0.2, -0.15) is 0 Å². The van der Waals surface area contributed by atoms with Crippen LogP contribution in [0.25, 0.3) is 0 Å². The fraction of sp³-hybridized carbons (Fsp3) is 0.250. The third-order valence-electron chi connectivity index (χ3n) is 2.82. The van der Waals surface area contributed by atoms with E-state index < -0.39 is 0 Å². The summed E-state index contributed by atoms with van der Waals surface area (Å²) in [5.41, 5.74) is 0.667. The van der Waals surface area contributed by atoms with Gasteiger partial charge in [-0.1, -0.05) is 36.4 Å². The van der Waals surface area contributed by atoms with Gasteiger partial charge in [0.15, 0.2) is 5.78 Å². The van der Waals surface area contributed by atoms with Crippen LogP contribution in [0.5, 0.6) is 0 Å². The Bertz CT molecular complexity index is 529. The smallest absolute Gasteiger partial charge is 0.169 e. The van der Waals surface area contributed by atoms with Crippen LogP contribution in [0.4, 0.5) is 0 Å². The number of hydrogen-bond donors (Lipinski definition) is 0. The Morgan fingerprint density at radius 3 is 2.58 bits per heavy atom. The number of Topliss-reactive ketones (excluding diaryl/α,β-unsaturated/α-hetero) is 2. The SMILES string of the molecule is CC(=O)CC(=O)C1=CC[C@@H](Sc2ccccc2)C=C1. The minimum absolute atomic E-state index is 0.00662. The Balaban J connectivity index is 1.92. The molecule has 1 aliphatic carbocycles. The van der Waals surface area contributed by atoms with Crippen LogP contribution in [0.1, 0.15) is 19.8 Å². The molecule has 1 aromatic carbocycles. The number of carbonyl (C=O) groups excluding carboxylic acids is 2. The Hall–Kier alpha value is -1.61. The zero-order valence-electron chi connectivity index (χ0n) is 10.8. The Kier molecular flexibility index (Phi) is 4.74. The molecule has 0 N–H and O–H groups in total. The van der Waals surface area contributed by atoms with Crippen molar-refractivity contribution in [1.29, 1.82) is 0 Å². The predicted molar refractivity (Wildman–Crippen MR) is 78.2 cm³/mol. The molecule has 1 aliphatic rings. The lowest BCUT2D eigenvalue weighted by molar-refractivity contribution is -0.123. The molecular weight excluding hydrogens is 256 g/mol. The molecule has 0 unspecified atom stereocenters. The number of thioether (sulfide) groups is 1. The molecule has 2 nitrogen and oxygen atoms in total. The van der Waals surface area contributed by atoms with Gasteiger partial charge >= 0.3 is 0 Å². The van der Waals surface area contributed by atoms with E-state index in [-0.39, 0.29) is 18.0 Å². The molecule has 0 saturated heterocycles. The molecule has 0 aromatic heterocycles. The topological polar surface area (TPSA) is 34.1 Å². The summed E-state index contributed by atoms with van der Waals surface area (Å²) in [7, 11) is 0. The summed E-state index contributed by atoms with van der Waals surface area (Å²) in [4.78, 5) is 23.9. The number of allylic oxidation sites excluding steroid dienone is 3. The zero-order chi connectivity index (χ0) is 13.7. The fourth-order valence-electron chi connectivity index (χ4n) is 1.90. The molecule has 98 valence electrons. The number of benzene rings is 1. The summed E-state index contributed by atoms with van der Waals surface area (Å²) in [6.07, 6.45) is 6.66. The van der Waals surface area contributed by atoms with Crippen LogP contribution in [0.3, 0.4) is 0 Å². The van der Waals surface area contributed by atoms with Gasteiger partial charge in [-0.25, -0.2) is 0 Å². The highest BCUT2D eigenvalue weighted by Gasteiger charge is 2.15. The molecule has 3 heteroatoms. The quantitative estimate of drug-likeness (QED) is 0.768. The maximum Gasteiger partial charge on any atom is 0.169 e. The maximum atomic E-state index is 11.7. The third-order valence-corrected chi connectivity index (χ3v) is 4.02. The van der Waals surface area contributed by atoms with Gasteiger partial charge in [0.05, 0.1) is 6.42 Å². The molecule has 0 fully saturated rings.